The van der Waals surface area contributed by atoms with E-state index in [-0.39, 0.29) is 0 Å². The average Bonchev–Trinajstić information content (AvgIpc) is 3.94. The van der Waals surface area contributed by atoms with E-state index in [9.17, 15) is 0 Å². The van der Waals surface area contributed by atoms with Gasteiger partial charge in [-0.1, -0.05) is 212 Å². The van der Waals surface area contributed by atoms with Gasteiger partial charge in [0.25, 0.3) is 0 Å². The van der Waals surface area contributed by atoms with Crippen molar-refractivity contribution in [1.82, 2.24) is 4.57 Å². The van der Waals surface area contributed by atoms with Crippen molar-refractivity contribution in [2.45, 2.75) is 5.41 Å². The molecular formula is C69H46N2. The summed E-state index contributed by atoms with van der Waals surface area (Å²) in [6.45, 7) is 0. The minimum absolute atomic E-state index is 0.477. The molecule has 1 heterocycles. The lowest BCUT2D eigenvalue weighted by Crippen LogP contribution is -2.28. The minimum atomic E-state index is -0.477. The number of para-hydroxylation sites is 1. The molecule has 2 nitrogen and oxygen atoms in total. The van der Waals surface area contributed by atoms with Gasteiger partial charge >= 0.3 is 0 Å². The first-order valence-electron chi connectivity index (χ1n) is 24.6. The van der Waals surface area contributed by atoms with Gasteiger partial charge in [-0.05, 0) is 139 Å². The molecule has 1 aliphatic rings. The summed E-state index contributed by atoms with van der Waals surface area (Å²) in [7, 11) is 0. The van der Waals surface area contributed by atoms with Gasteiger partial charge in [-0.15, -0.1) is 0 Å². The molecule has 0 fully saturated rings. The number of rotatable bonds is 8. The molecule has 332 valence electrons. The number of anilines is 3. The molecule has 12 aromatic carbocycles. The zero-order chi connectivity index (χ0) is 46.9. The lowest BCUT2D eigenvalue weighted by molar-refractivity contribution is 0.767. The van der Waals surface area contributed by atoms with Gasteiger partial charge in [-0.3, -0.25) is 0 Å². The van der Waals surface area contributed by atoms with Gasteiger partial charge in [0.2, 0.25) is 0 Å². The van der Waals surface area contributed by atoms with Gasteiger partial charge in [0, 0.05) is 33.2 Å². The molecule has 0 saturated carbocycles. The Morgan fingerprint density at radius 1 is 0.296 bits per heavy atom. The normalized spacial score (nSPS) is 12.6. The third kappa shape index (κ3) is 6.49. The molecule has 0 atom stereocenters. The fourth-order valence-corrected chi connectivity index (χ4v) is 11.8. The first kappa shape index (κ1) is 40.8. The van der Waals surface area contributed by atoms with Crippen LogP contribution in [0.15, 0.2) is 279 Å². The molecule has 0 N–H and O–H groups in total. The fourth-order valence-electron chi connectivity index (χ4n) is 11.8. The predicted octanol–water partition coefficient (Wildman–Crippen LogP) is 18.3. The summed E-state index contributed by atoms with van der Waals surface area (Å²) in [6, 6.07) is 103. The fraction of sp³-hybridized carbons (Fsp3) is 0.0145. The standard InChI is InChI=1S/C69H46N2/c1-4-17-47(18-5-1)48-33-37-56(38-34-48)70(66-30-16-20-49-19-10-11-25-59(49)66)57-39-35-51-43-50(31-32-52(51)44-57)53-36-42-68-63(45-53)62-27-13-15-29-67(62)71(68)58-40-41-61-60-26-12-14-28-64(60)69(65(61)46-58,54-21-6-2-7-22-54)55-23-8-3-9-24-55/h1-46H. The highest BCUT2D eigenvalue weighted by molar-refractivity contribution is 6.11. The third-order valence-electron chi connectivity index (χ3n) is 15.0. The first-order chi connectivity index (χ1) is 35.2. The molecule has 2 heteroatoms. The summed E-state index contributed by atoms with van der Waals surface area (Å²) in [5.41, 5.74) is 18.9. The summed E-state index contributed by atoms with van der Waals surface area (Å²) >= 11 is 0. The van der Waals surface area contributed by atoms with Crippen LogP contribution in [0.25, 0.3) is 82.4 Å². The summed E-state index contributed by atoms with van der Waals surface area (Å²) < 4.78 is 2.47. The van der Waals surface area contributed by atoms with Crippen LogP contribution in [0.4, 0.5) is 17.1 Å². The summed E-state index contributed by atoms with van der Waals surface area (Å²) in [5, 5.41) is 7.29. The molecule has 0 radical (unpaired) electrons. The molecule has 13 aromatic rings. The van der Waals surface area contributed by atoms with Gasteiger partial charge in [0.05, 0.1) is 22.1 Å². The number of hydrogen-bond donors (Lipinski definition) is 0. The van der Waals surface area contributed by atoms with Crippen LogP contribution in [0.3, 0.4) is 0 Å². The van der Waals surface area contributed by atoms with E-state index in [0.717, 1.165) is 22.7 Å². The molecule has 0 aliphatic heterocycles. The Kier molecular flexibility index (Phi) is 9.47. The highest BCUT2D eigenvalue weighted by atomic mass is 15.1. The van der Waals surface area contributed by atoms with Crippen molar-refractivity contribution in [1.29, 1.82) is 0 Å². The Labute approximate surface area is 413 Å². The number of benzene rings is 12. The average molecular weight is 903 g/mol. The van der Waals surface area contributed by atoms with E-state index in [1.165, 1.54) is 99.0 Å². The Bertz CT molecular complexity index is 4110. The second-order valence-electron chi connectivity index (χ2n) is 18.8. The highest BCUT2D eigenvalue weighted by Crippen LogP contribution is 2.56. The van der Waals surface area contributed by atoms with Crippen LogP contribution in [-0.4, -0.2) is 4.57 Å². The van der Waals surface area contributed by atoms with Crippen LogP contribution < -0.4 is 4.90 Å². The Morgan fingerprint density at radius 2 is 0.859 bits per heavy atom. The van der Waals surface area contributed by atoms with Crippen molar-refractivity contribution >= 4 is 60.4 Å². The molecule has 14 rings (SSSR count). The number of hydrogen-bond acceptors (Lipinski definition) is 1. The quantitative estimate of drug-likeness (QED) is 0.147. The predicted molar refractivity (Wildman–Crippen MR) is 299 cm³/mol. The van der Waals surface area contributed by atoms with E-state index in [4.69, 9.17) is 0 Å². The molecule has 0 unspecified atom stereocenters. The summed E-state index contributed by atoms with van der Waals surface area (Å²) in [6.07, 6.45) is 0. The maximum atomic E-state index is 2.47. The molecule has 0 spiro atoms. The molecule has 0 saturated heterocycles. The lowest BCUT2D eigenvalue weighted by Gasteiger charge is -2.34. The van der Waals surface area contributed by atoms with Crippen LogP contribution in [0, 0.1) is 0 Å². The van der Waals surface area contributed by atoms with Crippen LogP contribution >= 0.6 is 0 Å². The molecule has 0 amide bonds. The highest BCUT2D eigenvalue weighted by Gasteiger charge is 2.46. The largest absolute Gasteiger partial charge is 0.310 e. The van der Waals surface area contributed by atoms with Crippen LogP contribution in [0.2, 0.25) is 0 Å². The van der Waals surface area contributed by atoms with Crippen molar-refractivity contribution in [3.63, 3.8) is 0 Å². The van der Waals surface area contributed by atoms with Gasteiger partial charge in [0.15, 0.2) is 0 Å². The first-order valence-corrected chi connectivity index (χ1v) is 24.6. The Hall–Kier alpha value is -9.24. The van der Waals surface area contributed by atoms with E-state index < -0.39 is 5.41 Å². The van der Waals surface area contributed by atoms with E-state index in [0.29, 0.717) is 0 Å². The minimum Gasteiger partial charge on any atom is -0.310 e. The van der Waals surface area contributed by atoms with Gasteiger partial charge in [-0.25, -0.2) is 0 Å². The van der Waals surface area contributed by atoms with Gasteiger partial charge in [-0.2, -0.15) is 0 Å². The number of fused-ring (bicyclic) bond motifs is 8. The zero-order valence-corrected chi connectivity index (χ0v) is 39.0. The van der Waals surface area contributed by atoms with E-state index in [1.54, 1.807) is 0 Å². The lowest BCUT2D eigenvalue weighted by atomic mass is 9.67. The van der Waals surface area contributed by atoms with E-state index in [2.05, 4.69) is 289 Å². The smallest absolute Gasteiger partial charge is 0.0714 e. The number of aromatic nitrogens is 1. The van der Waals surface area contributed by atoms with E-state index in [1.807, 2.05) is 0 Å². The maximum Gasteiger partial charge on any atom is 0.0714 e. The zero-order valence-electron chi connectivity index (χ0n) is 39.0. The van der Waals surface area contributed by atoms with Crippen molar-refractivity contribution in [2.24, 2.45) is 0 Å². The second kappa shape index (κ2) is 16.5. The van der Waals surface area contributed by atoms with E-state index >= 15 is 0 Å². The van der Waals surface area contributed by atoms with Crippen LogP contribution in [-0.2, 0) is 5.41 Å². The monoisotopic (exact) mass is 902 g/mol. The second-order valence-corrected chi connectivity index (χ2v) is 18.8. The van der Waals surface area contributed by atoms with Crippen molar-refractivity contribution in [2.75, 3.05) is 4.90 Å². The maximum absolute atomic E-state index is 2.47. The van der Waals surface area contributed by atoms with Gasteiger partial charge < -0.3 is 9.47 Å². The van der Waals surface area contributed by atoms with Crippen molar-refractivity contribution in [3.8, 4) is 39.1 Å². The Morgan fingerprint density at radius 3 is 1.66 bits per heavy atom. The Balaban J connectivity index is 0.871. The van der Waals surface area contributed by atoms with Gasteiger partial charge in [0.1, 0.15) is 0 Å². The summed E-state index contributed by atoms with van der Waals surface area (Å²) in [4.78, 5) is 2.40. The third-order valence-corrected chi connectivity index (χ3v) is 15.0. The van der Waals surface area contributed by atoms with Crippen LogP contribution in [0.1, 0.15) is 22.3 Å². The van der Waals surface area contributed by atoms with Crippen LogP contribution in [0.5, 0.6) is 0 Å². The van der Waals surface area contributed by atoms with Crippen molar-refractivity contribution < 1.29 is 0 Å². The molecule has 1 aliphatic carbocycles. The summed E-state index contributed by atoms with van der Waals surface area (Å²) in [5.74, 6) is 0. The molecule has 0 bridgehead atoms. The molecule has 1 aromatic heterocycles. The number of nitrogens with zero attached hydrogens (tertiary/aromatic N) is 2. The molecular weight excluding hydrogens is 857 g/mol. The molecule has 71 heavy (non-hydrogen) atoms. The topological polar surface area (TPSA) is 8.17 Å². The SMILES string of the molecule is c1ccc(-c2ccc(N(c3ccc4cc(-c5ccc6c(c5)c5ccccc5n6-c5ccc6c(c5)C(c5ccccc5)(c5ccccc5)c5ccccc5-6)ccc4c3)c3cccc4ccccc34)cc2)cc1. The van der Waals surface area contributed by atoms with Crippen molar-refractivity contribution in [3.05, 3.63) is 301 Å².